The Kier molecular flexibility index (Phi) is 6.63. The second-order valence-corrected chi connectivity index (χ2v) is 7.28. The fourth-order valence-electron chi connectivity index (χ4n) is 3.77. The van der Waals surface area contributed by atoms with Gasteiger partial charge in [-0.05, 0) is 37.8 Å². The molecule has 0 saturated heterocycles. The quantitative estimate of drug-likeness (QED) is 0.724. The van der Waals surface area contributed by atoms with E-state index in [2.05, 4.69) is 10.4 Å². The van der Waals surface area contributed by atoms with Crippen molar-refractivity contribution in [3.8, 4) is 0 Å². The van der Waals surface area contributed by atoms with E-state index in [9.17, 15) is 4.79 Å². The molecule has 0 radical (unpaired) electrons. The Balaban J connectivity index is 1.69. The first-order chi connectivity index (χ1) is 13.1. The Morgan fingerprint density at radius 1 is 1.37 bits per heavy atom. The fourth-order valence-corrected chi connectivity index (χ4v) is 3.77. The molecule has 6 nitrogen and oxygen atoms in total. The lowest BCUT2D eigenvalue weighted by atomic mass is 9.91. The minimum atomic E-state index is -0.00395. The maximum atomic E-state index is 13.1. The van der Waals surface area contributed by atoms with Crippen LogP contribution in [0.3, 0.4) is 0 Å². The van der Waals surface area contributed by atoms with Crippen LogP contribution in [0, 0.1) is 0 Å². The van der Waals surface area contributed by atoms with Gasteiger partial charge in [-0.2, -0.15) is 5.10 Å². The summed E-state index contributed by atoms with van der Waals surface area (Å²) in [6.07, 6.45) is 3.89. The van der Waals surface area contributed by atoms with Gasteiger partial charge in [-0.3, -0.25) is 9.48 Å². The minimum absolute atomic E-state index is 0.00395. The Morgan fingerprint density at radius 3 is 2.89 bits per heavy atom. The number of amides is 1. The molecule has 0 aliphatic heterocycles. The number of carbonyl (C=O) groups excluding carboxylic acids is 1. The number of nitrogens with one attached hydrogen (secondary N) is 1. The summed E-state index contributed by atoms with van der Waals surface area (Å²) in [6.45, 7) is 2.29. The molecule has 1 aliphatic carbocycles. The SMILES string of the molecule is COCCCNC1CCc2c(c(C(=O)N(C)Cc3ccccc3)nn2C)C1. The number of carbonyl (C=O) groups is 1. The van der Waals surface area contributed by atoms with Crippen LogP contribution in [0.5, 0.6) is 0 Å². The average molecular weight is 370 g/mol. The predicted molar refractivity (Wildman–Crippen MR) is 106 cm³/mol. The van der Waals surface area contributed by atoms with E-state index in [1.807, 2.05) is 49.1 Å². The van der Waals surface area contributed by atoms with Crippen molar-refractivity contribution in [1.29, 1.82) is 0 Å². The number of hydrogen-bond acceptors (Lipinski definition) is 4. The number of ether oxygens (including phenoxy) is 1. The van der Waals surface area contributed by atoms with Crippen LogP contribution in [0.15, 0.2) is 30.3 Å². The first-order valence-electron chi connectivity index (χ1n) is 9.66. The maximum absolute atomic E-state index is 13.1. The highest BCUT2D eigenvalue weighted by Gasteiger charge is 2.29. The number of methoxy groups -OCH3 is 1. The zero-order valence-electron chi connectivity index (χ0n) is 16.6. The van der Waals surface area contributed by atoms with E-state index in [-0.39, 0.29) is 5.91 Å². The summed E-state index contributed by atoms with van der Waals surface area (Å²) in [5, 5.41) is 8.18. The van der Waals surface area contributed by atoms with E-state index in [0.717, 1.165) is 50.0 Å². The summed E-state index contributed by atoms with van der Waals surface area (Å²) < 4.78 is 7.00. The summed E-state index contributed by atoms with van der Waals surface area (Å²) in [5.41, 5.74) is 4.03. The van der Waals surface area contributed by atoms with Crippen molar-refractivity contribution in [2.75, 3.05) is 27.3 Å². The first kappa shape index (κ1) is 19.6. The summed E-state index contributed by atoms with van der Waals surface area (Å²) in [4.78, 5) is 14.8. The van der Waals surface area contributed by atoms with Gasteiger partial charge in [0.1, 0.15) is 0 Å². The standard InChI is InChI=1S/C21H30N4O2/c1-24(15-16-8-5-4-6-9-16)21(26)20-18-14-17(22-12-7-13-27-3)10-11-19(18)25(2)23-20/h4-6,8-9,17,22H,7,10-15H2,1-3H3. The van der Waals surface area contributed by atoms with Crippen molar-refractivity contribution in [1.82, 2.24) is 20.0 Å². The molecule has 0 bridgehead atoms. The lowest BCUT2D eigenvalue weighted by Gasteiger charge is -2.25. The molecule has 6 heteroatoms. The third-order valence-corrected chi connectivity index (χ3v) is 5.23. The molecule has 0 fully saturated rings. The van der Waals surface area contributed by atoms with Gasteiger partial charge in [-0.15, -0.1) is 0 Å². The topological polar surface area (TPSA) is 59.4 Å². The molecular weight excluding hydrogens is 340 g/mol. The zero-order chi connectivity index (χ0) is 19.2. The number of aryl methyl sites for hydroxylation is 1. The molecule has 1 aliphatic rings. The zero-order valence-corrected chi connectivity index (χ0v) is 16.6. The molecule has 2 aromatic rings. The molecule has 1 aromatic heterocycles. The monoisotopic (exact) mass is 370 g/mol. The van der Waals surface area contributed by atoms with E-state index in [1.54, 1.807) is 12.0 Å². The van der Waals surface area contributed by atoms with Crippen molar-refractivity contribution in [3.05, 3.63) is 52.8 Å². The summed E-state index contributed by atoms with van der Waals surface area (Å²) >= 11 is 0. The van der Waals surface area contributed by atoms with Crippen LogP contribution in [0.2, 0.25) is 0 Å². The number of aromatic nitrogens is 2. The molecule has 1 aromatic carbocycles. The highest BCUT2D eigenvalue weighted by molar-refractivity contribution is 5.94. The van der Waals surface area contributed by atoms with Crippen LogP contribution in [-0.2, 0) is 31.2 Å². The van der Waals surface area contributed by atoms with Crippen LogP contribution in [0.4, 0.5) is 0 Å². The van der Waals surface area contributed by atoms with Gasteiger partial charge < -0.3 is 15.0 Å². The number of nitrogens with zero attached hydrogens (tertiary/aromatic N) is 3. The molecule has 27 heavy (non-hydrogen) atoms. The van der Waals surface area contributed by atoms with Gasteiger partial charge in [-0.1, -0.05) is 30.3 Å². The number of hydrogen-bond donors (Lipinski definition) is 1. The average Bonchev–Trinajstić information content (AvgIpc) is 3.01. The van der Waals surface area contributed by atoms with Crippen molar-refractivity contribution in [3.63, 3.8) is 0 Å². The van der Waals surface area contributed by atoms with Crippen LogP contribution >= 0.6 is 0 Å². The molecule has 1 amide bonds. The Hall–Kier alpha value is -2.18. The third kappa shape index (κ3) is 4.76. The van der Waals surface area contributed by atoms with Crippen LogP contribution < -0.4 is 5.32 Å². The minimum Gasteiger partial charge on any atom is -0.385 e. The predicted octanol–water partition coefficient (Wildman–Crippen LogP) is 2.18. The van der Waals surface area contributed by atoms with E-state index in [0.29, 0.717) is 18.3 Å². The molecule has 0 saturated carbocycles. The normalized spacial score (nSPS) is 16.2. The number of rotatable bonds is 8. The lowest BCUT2D eigenvalue weighted by Crippen LogP contribution is -2.36. The molecular formula is C21H30N4O2. The van der Waals surface area contributed by atoms with Gasteiger partial charge in [0.05, 0.1) is 0 Å². The largest absolute Gasteiger partial charge is 0.385 e. The van der Waals surface area contributed by atoms with E-state index in [4.69, 9.17) is 4.74 Å². The summed E-state index contributed by atoms with van der Waals surface area (Å²) in [7, 11) is 5.52. The van der Waals surface area contributed by atoms with E-state index >= 15 is 0 Å². The molecule has 1 atom stereocenters. The lowest BCUT2D eigenvalue weighted by molar-refractivity contribution is 0.0777. The molecule has 0 spiro atoms. The molecule has 3 rings (SSSR count). The van der Waals surface area contributed by atoms with Crippen molar-refractivity contribution < 1.29 is 9.53 Å². The third-order valence-electron chi connectivity index (χ3n) is 5.23. The highest BCUT2D eigenvalue weighted by atomic mass is 16.5. The van der Waals surface area contributed by atoms with Crippen molar-refractivity contribution in [2.24, 2.45) is 7.05 Å². The van der Waals surface area contributed by atoms with Gasteiger partial charge in [0, 0.05) is 51.7 Å². The first-order valence-corrected chi connectivity index (χ1v) is 9.66. The highest BCUT2D eigenvalue weighted by Crippen LogP contribution is 2.25. The van der Waals surface area contributed by atoms with Crippen LogP contribution in [0.25, 0.3) is 0 Å². The van der Waals surface area contributed by atoms with Gasteiger partial charge >= 0.3 is 0 Å². The van der Waals surface area contributed by atoms with Crippen molar-refractivity contribution >= 4 is 5.91 Å². The number of benzene rings is 1. The van der Waals surface area contributed by atoms with Crippen LogP contribution in [0.1, 0.15) is 40.2 Å². The molecule has 1 N–H and O–H groups in total. The van der Waals surface area contributed by atoms with Gasteiger partial charge in [0.15, 0.2) is 5.69 Å². The molecule has 146 valence electrons. The van der Waals surface area contributed by atoms with Gasteiger partial charge in [-0.25, -0.2) is 0 Å². The smallest absolute Gasteiger partial charge is 0.274 e. The van der Waals surface area contributed by atoms with Gasteiger partial charge in [0.2, 0.25) is 0 Å². The van der Waals surface area contributed by atoms with Crippen molar-refractivity contribution in [2.45, 2.75) is 38.3 Å². The maximum Gasteiger partial charge on any atom is 0.274 e. The Bertz CT molecular complexity index is 757. The Morgan fingerprint density at radius 2 is 2.15 bits per heavy atom. The fraction of sp³-hybridized carbons (Fsp3) is 0.524. The summed E-state index contributed by atoms with van der Waals surface area (Å²) in [5.74, 6) is -0.00395. The summed E-state index contributed by atoms with van der Waals surface area (Å²) in [6, 6.07) is 10.5. The molecule has 1 unspecified atom stereocenters. The van der Waals surface area contributed by atoms with E-state index < -0.39 is 0 Å². The Labute approximate surface area is 161 Å². The van der Waals surface area contributed by atoms with Crippen LogP contribution in [-0.4, -0.2) is 53.9 Å². The number of fused-ring (bicyclic) bond motifs is 1. The molecule has 1 heterocycles. The second kappa shape index (κ2) is 9.15. The van der Waals surface area contributed by atoms with Gasteiger partial charge in [0.25, 0.3) is 5.91 Å². The second-order valence-electron chi connectivity index (χ2n) is 7.28. The van der Waals surface area contributed by atoms with E-state index in [1.165, 1.54) is 5.69 Å².